The van der Waals surface area contributed by atoms with Gasteiger partial charge in [-0.3, -0.25) is 4.98 Å². The fraction of sp³-hybridized carbons (Fsp3) is 0.312. The first-order chi connectivity index (χ1) is 8.68. The van der Waals surface area contributed by atoms with Crippen molar-refractivity contribution >= 4 is 0 Å². The molecule has 0 saturated heterocycles. The third-order valence-electron chi connectivity index (χ3n) is 3.44. The first kappa shape index (κ1) is 12.8. The molecule has 1 atom stereocenters. The van der Waals surface area contributed by atoms with Crippen LogP contribution in [0.25, 0.3) is 0 Å². The van der Waals surface area contributed by atoms with Crippen molar-refractivity contribution < 1.29 is 0 Å². The molecule has 94 valence electrons. The maximum atomic E-state index is 4.05. The highest BCUT2D eigenvalue weighted by atomic mass is 14.9. The Morgan fingerprint density at radius 1 is 1.06 bits per heavy atom. The molecule has 0 unspecified atom stereocenters. The summed E-state index contributed by atoms with van der Waals surface area (Å²) in [6, 6.07) is 10.9. The Hall–Kier alpha value is -1.67. The molecule has 2 nitrogen and oxygen atoms in total. The number of hydrogen-bond acceptors (Lipinski definition) is 2. The number of aromatic nitrogens is 1. The van der Waals surface area contributed by atoms with E-state index < -0.39 is 0 Å². The summed E-state index contributed by atoms with van der Waals surface area (Å²) in [5, 5.41) is 3.57. The van der Waals surface area contributed by atoms with Gasteiger partial charge in [0.25, 0.3) is 0 Å². The van der Waals surface area contributed by atoms with Crippen molar-refractivity contribution in [3.63, 3.8) is 0 Å². The van der Waals surface area contributed by atoms with Gasteiger partial charge in [-0.1, -0.05) is 18.2 Å². The molecule has 1 N–H and O–H groups in total. The molecule has 0 amide bonds. The molecule has 0 saturated carbocycles. The normalized spacial score (nSPS) is 12.4. The molecule has 18 heavy (non-hydrogen) atoms. The molecule has 0 aliphatic heterocycles. The monoisotopic (exact) mass is 240 g/mol. The third kappa shape index (κ3) is 2.96. The van der Waals surface area contributed by atoms with Crippen LogP contribution in [0.1, 0.15) is 35.2 Å². The number of nitrogens with zero attached hydrogens (tertiary/aromatic N) is 1. The van der Waals surface area contributed by atoms with Crippen LogP contribution >= 0.6 is 0 Å². The molecule has 2 aromatic rings. The van der Waals surface area contributed by atoms with Crippen LogP contribution in [0.3, 0.4) is 0 Å². The summed E-state index contributed by atoms with van der Waals surface area (Å²) < 4.78 is 0. The highest BCUT2D eigenvalue weighted by Gasteiger charge is 2.06. The number of hydrogen-bond donors (Lipinski definition) is 1. The van der Waals surface area contributed by atoms with Gasteiger partial charge in [0.2, 0.25) is 0 Å². The van der Waals surface area contributed by atoms with Crippen LogP contribution in [0.4, 0.5) is 0 Å². The highest BCUT2D eigenvalue weighted by Crippen LogP contribution is 2.16. The van der Waals surface area contributed by atoms with Crippen LogP contribution in [-0.2, 0) is 6.54 Å². The van der Waals surface area contributed by atoms with Gasteiger partial charge in [-0.05, 0) is 55.2 Å². The van der Waals surface area contributed by atoms with E-state index in [4.69, 9.17) is 0 Å². The molecule has 1 aromatic heterocycles. The molecule has 2 rings (SSSR count). The van der Waals surface area contributed by atoms with Gasteiger partial charge in [0, 0.05) is 25.0 Å². The summed E-state index contributed by atoms with van der Waals surface area (Å²) in [6.45, 7) is 7.42. The molecule has 0 bridgehead atoms. The van der Waals surface area contributed by atoms with Crippen molar-refractivity contribution in [1.29, 1.82) is 0 Å². The van der Waals surface area contributed by atoms with Crippen molar-refractivity contribution in [3.05, 3.63) is 65.0 Å². The van der Waals surface area contributed by atoms with Gasteiger partial charge in [-0.2, -0.15) is 0 Å². The molecule has 1 heterocycles. The first-order valence-corrected chi connectivity index (χ1v) is 6.37. The van der Waals surface area contributed by atoms with E-state index in [-0.39, 0.29) is 0 Å². The second-order valence-electron chi connectivity index (χ2n) is 4.75. The highest BCUT2D eigenvalue weighted by molar-refractivity contribution is 5.33. The fourth-order valence-corrected chi connectivity index (χ4v) is 2.15. The van der Waals surface area contributed by atoms with Gasteiger partial charge in [-0.25, -0.2) is 0 Å². The predicted molar refractivity (Wildman–Crippen MR) is 75.4 cm³/mol. The van der Waals surface area contributed by atoms with Crippen molar-refractivity contribution in [2.75, 3.05) is 0 Å². The van der Waals surface area contributed by atoms with Gasteiger partial charge < -0.3 is 5.32 Å². The zero-order valence-corrected chi connectivity index (χ0v) is 11.3. The summed E-state index contributed by atoms with van der Waals surface area (Å²) in [5.41, 5.74) is 5.38. The van der Waals surface area contributed by atoms with Crippen LogP contribution in [-0.4, -0.2) is 4.98 Å². The van der Waals surface area contributed by atoms with Gasteiger partial charge in [0.1, 0.15) is 0 Å². The van der Waals surface area contributed by atoms with Gasteiger partial charge >= 0.3 is 0 Å². The third-order valence-corrected chi connectivity index (χ3v) is 3.44. The van der Waals surface area contributed by atoms with E-state index in [9.17, 15) is 0 Å². The minimum Gasteiger partial charge on any atom is -0.306 e. The zero-order valence-electron chi connectivity index (χ0n) is 11.3. The average Bonchev–Trinajstić information content (AvgIpc) is 2.39. The van der Waals surface area contributed by atoms with Crippen LogP contribution in [0.2, 0.25) is 0 Å². The molecule has 2 heteroatoms. The Bertz CT molecular complexity index is 486. The molecule has 0 spiro atoms. The summed E-state index contributed by atoms with van der Waals surface area (Å²) in [4.78, 5) is 4.05. The maximum Gasteiger partial charge on any atom is 0.0296 e. The lowest BCUT2D eigenvalue weighted by Crippen LogP contribution is -2.19. The van der Waals surface area contributed by atoms with E-state index in [1.165, 1.54) is 22.3 Å². The number of pyridine rings is 1. The van der Waals surface area contributed by atoms with E-state index in [0.717, 1.165) is 6.54 Å². The smallest absolute Gasteiger partial charge is 0.0296 e. The van der Waals surface area contributed by atoms with E-state index in [1.54, 1.807) is 0 Å². The van der Waals surface area contributed by atoms with Crippen LogP contribution < -0.4 is 5.32 Å². The topological polar surface area (TPSA) is 24.9 Å². The van der Waals surface area contributed by atoms with Crippen LogP contribution in [0.15, 0.2) is 42.7 Å². The average molecular weight is 240 g/mol. The molecule has 0 radical (unpaired) electrons. The lowest BCUT2D eigenvalue weighted by molar-refractivity contribution is 0.571. The largest absolute Gasteiger partial charge is 0.306 e. The Balaban J connectivity index is 2.04. The van der Waals surface area contributed by atoms with Crippen molar-refractivity contribution in [3.8, 4) is 0 Å². The SMILES string of the molecule is Cc1cccc(C)c1CN[C@H](C)c1ccncc1. The van der Waals surface area contributed by atoms with E-state index in [2.05, 4.69) is 61.4 Å². The van der Waals surface area contributed by atoms with Gasteiger partial charge in [-0.15, -0.1) is 0 Å². The van der Waals surface area contributed by atoms with Gasteiger partial charge in [0.15, 0.2) is 0 Å². The molecule has 0 aliphatic carbocycles. The minimum atomic E-state index is 0.340. The van der Waals surface area contributed by atoms with Crippen LogP contribution in [0, 0.1) is 13.8 Å². The second kappa shape index (κ2) is 5.78. The van der Waals surface area contributed by atoms with Crippen molar-refractivity contribution in [1.82, 2.24) is 10.3 Å². The van der Waals surface area contributed by atoms with Crippen LogP contribution in [0.5, 0.6) is 0 Å². The van der Waals surface area contributed by atoms with E-state index in [1.807, 2.05) is 12.4 Å². The molecule has 0 fully saturated rings. The van der Waals surface area contributed by atoms with Gasteiger partial charge in [0.05, 0.1) is 0 Å². The number of benzene rings is 1. The maximum absolute atomic E-state index is 4.05. The van der Waals surface area contributed by atoms with Crippen molar-refractivity contribution in [2.45, 2.75) is 33.4 Å². The Morgan fingerprint density at radius 2 is 1.67 bits per heavy atom. The molecule has 1 aromatic carbocycles. The fourth-order valence-electron chi connectivity index (χ4n) is 2.15. The van der Waals surface area contributed by atoms with E-state index in [0.29, 0.717) is 6.04 Å². The van der Waals surface area contributed by atoms with Crippen molar-refractivity contribution in [2.24, 2.45) is 0 Å². The lowest BCUT2D eigenvalue weighted by Gasteiger charge is -2.16. The molecular weight excluding hydrogens is 220 g/mol. The first-order valence-electron chi connectivity index (χ1n) is 6.37. The molecule has 0 aliphatic rings. The number of nitrogens with one attached hydrogen (secondary N) is 1. The van der Waals surface area contributed by atoms with E-state index >= 15 is 0 Å². The lowest BCUT2D eigenvalue weighted by atomic mass is 10.0. The Morgan fingerprint density at radius 3 is 2.28 bits per heavy atom. The Kier molecular flexibility index (Phi) is 4.11. The minimum absolute atomic E-state index is 0.340. The predicted octanol–water partition coefficient (Wildman–Crippen LogP) is 3.55. The summed E-state index contributed by atoms with van der Waals surface area (Å²) in [5.74, 6) is 0. The second-order valence-corrected chi connectivity index (χ2v) is 4.75. The number of rotatable bonds is 4. The quantitative estimate of drug-likeness (QED) is 0.884. The molecular formula is C16H20N2. The summed E-state index contributed by atoms with van der Waals surface area (Å²) in [6.07, 6.45) is 3.68. The summed E-state index contributed by atoms with van der Waals surface area (Å²) >= 11 is 0. The number of aryl methyl sites for hydroxylation is 2. The Labute approximate surface area is 109 Å². The zero-order chi connectivity index (χ0) is 13.0. The standard InChI is InChI=1S/C16H20N2/c1-12-5-4-6-13(2)16(12)11-18-14(3)15-7-9-17-10-8-15/h4-10,14,18H,11H2,1-3H3/t14-/m1/s1. The summed E-state index contributed by atoms with van der Waals surface area (Å²) in [7, 11) is 0.